The molecule has 2 aromatic carbocycles. The molecule has 0 fully saturated rings. The Labute approximate surface area is 170 Å². The lowest BCUT2D eigenvalue weighted by Crippen LogP contribution is -2.41. The van der Waals surface area contributed by atoms with E-state index in [2.05, 4.69) is 4.98 Å². The molecule has 152 valence electrons. The molecule has 3 rings (SSSR count). The van der Waals surface area contributed by atoms with Crippen LogP contribution in [0, 0.1) is 0 Å². The molecule has 6 heteroatoms. The van der Waals surface area contributed by atoms with Crippen LogP contribution in [0.3, 0.4) is 0 Å². The van der Waals surface area contributed by atoms with Gasteiger partial charge in [-0.15, -0.1) is 0 Å². The predicted molar refractivity (Wildman–Crippen MR) is 115 cm³/mol. The quantitative estimate of drug-likeness (QED) is 0.666. The molecular weight excluding hydrogens is 366 g/mol. The van der Waals surface area contributed by atoms with Gasteiger partial charge >= 0.3 is 6.03 Å². The molecule has 0 unspecified atom stereocenters. The molecule has 2 amide bonds. The third-order valence-electron chi connectivity index (χ3n) is 4.73. The third kappa shape index (κ3) is 5.16. The van der Waals surface area contributed by atoms with Crippen molar-refractivity contribution in [2.24, 2.45) is 0 Å². The molecule has 0 aliphatic carbocycles. The van der Waals surface area contributed by atoms with E-state index in [1.807, 2.05) is 61.5 Å². The van der Waals surface area contributed by atoms with E-state index < -0.39 is 0 Å². The van der Waals surface area contributed by atoms with Gasteiger partial charge in [-0.05, 0) is 43.2 Å². The van der Waals surface area contributed by atoms with Crippen LogP contribution in [0.5, 0.6) is 5.75 Å². The molecule has 1 heterocycles. The fourth-order valence-corrected chi connectivity index (χ4v) is 3.24. The van der Waals surface area contributed by atoms with Gasteiger partial charge in [0.2, 0.25) is 0 Å². The van der Waals surface area contributed by atoms with Crippen molar-refractivity contribution in [2.75, 3.05) is 27.2 Å². The predicted octanol–water partition coefficient (Wildman–Crippen LogP) is 3.65. The summed E-state index contributed by atoms with van der Waals surface area (Å²) in [4.78, 5) is 31.5. The van der Waals surface area contributed by atoms with E-state index in [-0.39, 0.29) is 18.1 Å². The summed E-state index contributed by atoms with van der Waals surface area (Å²) in [6.45, 7) is 3.28. The Morgan fingerprint density at radius 2 is 1.83 bits per heavy atom. The molecule has 0 aliphatic heterocycles. The second kappa shape index (κ2) is 9.28. The maximum atomic E-state index is 12.7. The SMILES string of the molecule is CCOc1ccc2[nH]c(=O)c(CN(CCc3ccccc3)C(=O)N(C)C)cc2c1. The lowest BCUT2D eigenvalue weighted by Gasteiger charge is -2.26. The van der Waals surface area contributed by atoms with E-state index in [0.717, 1.165) is 28.6 Å². The van der Waals surface area contributed by atoms with E-state index >= 15 is 0 Å². The van der Waals surface area contributed by atoms with E-state index in [1.54, 1.807) is 19.0 Å². The Bertz CT molecular complexity index is 1030. The van der Waals surface area contributed by atoms with Gasteiger partial charge < -0.3 is 19.5 Å². The van der Waals surface area contributed by atoms with Crippen molar-refractivity contribution in [1.82, 2.24) is 14.8 Å². The molecule has 29 heavy (non-hydrogen) atoms. The average Bonchev–Trinajstić information content (AvgIpc) is 2.72. The first-order chi connectivity index (χ1) is 14.0. The number of H-pyrrole nitrogens is 1. The van der Waals surface area contributed by atoms with Crippen LogP contribution in [0.25, 0.3) is 10.9 Å². The number of rotatable bonds is 7. The highest BCUT2D eigenvalue weighted by atomic mass is 16.5. The van der Waals surface area contributed by atoms with Gasteiger partial charge in [-0.3, -0.25) is 4.79 Å². The van der Waals surface area contributed by atoms with E-state index in [9.17, 15) is 9.59 Å². The fourth-order valence-electron chi connectivity index (χ4n) is 3.24. The molecule has 3 aromatic rings. The Morgan fingerprint density at radius 3 is 2.52 bits per heavy atom. The van der Waals surface area contributed by atoms with Crippen molar-refractivity contribution in [3.8, 4) is 5.75 Å². The average molecular weight is 393 g/mol. The normalized spacial score (nSPS) is 10.7. The number of ether oxygens (including phenoxy) is 1. The summed E-state index contributed by atoms with van der Waals surface area (Å²) in [7, 11) is 3.44. The van der Waals surface area contributed by atoms with E-state index in [4.69, 9.17) is 4.74 Å². The summed E-state index contributed by atoms with van der Waals surface area (Å²) in [5.41, 5.74) is 2.27. The molecule has 1 N–H and O–H groups in total. The topological polar surface area (TPSA) is 65.6 Å². The number of pyridine rings is 1. The van der Waals surface area contributed by atoms with Crippen LogP contribution in [-0.2, 0) is 13.0 Å². The first-order valence-electron chi connectivity index (χ1n) is 9.77. The fraction of sp³-hybridized carbons (Fsp3) is 0.304. The van der Waals surface area contributed by atoms with Gasteiger partial charge in [-0.1, -0.05) is 30.3 Å². The number of carbonyl (C=O) groups is 1. The minimum absolute atomic E-state index is 0.122. The standard InChI is InChI=1S/C23H27N3O3/c1-4-29-20-10-11-21-18(15-20)14-19(22(27)24-21)16-26(23(28)25(2)3)13-12-17-8-6-5-7-9-17/h5-11,14-15H,4,12-13,16H2,1-3H3,(H,24,27). The number of aromatic nitrogens is 1. The number of carbonyl (C=O) groups excluding carboxylic acids is 1. The Morgan fingerprint density at radius 1 is 1.07 bits per heavy atom. The maximum absolute atomic E-state index is 12.7. The number of urea groups is 1. The van der Waals surface area contributed by atoms with Crippen LogP contribution in [-0.4, -0.2) is 48.1 Å². The second-order valence-electron chi connectivity index (χ2n) is 7.14. The van der Waals surface area contributed by atoms with Gasteiger partial charge in [0.25, 0.3) is 5.56 Å². The molecule has 0 atom stereocenters. The summed E-state index contributed by atoms with van der Waals surface area (Å²) in [5.74, 6) is 0.753. The zero-order chi connectivity index (χ0) is 20.8. The molecule has 0 radical (unpaired) electrons. The highest BCUT2D eigenvalue weighted by molar-refractivity contribution is 5.80. The minimum atomic E-state index is -0.182. The van der Waals surface area contributed by atoms with Crippen molar-refractivity contribution in [2.45, 2.75) is 19.9 Å². The first kappa shape index (κ1) is 20.5. The van der Waals surface area contributed by atoms with Gasteiger partial charge in [0.05, 0.1) is 13.2 Å². The number of aromatic amines is 1. The summed E-state index contributed by atoms with van der Waals surface area (Å²) in [6, 6.07) is 17.3. The van der Waals surface area contributed by atoms with Crippen LogP contribution in [0.1, 0.15) is 18.1 Å². The van der Waals surface area contributed by atoms with Crippen LogP contribution in [0.4, 0.5) is 4.79 Å². The second-order valence-corrected chi connectivity index (χ2v) is 7.14. The number of amides is 2. The summed E-state index contributed by atoms with van der Waals surface area (Å²) < 4.78 is 5.56. The molecule has 0 bridgehead atoms. The van der Waals surface area contributed by atoms with Crippen LogP contribution >= 0.6 is 0 Å². The third-order valence-corrected chi connectivity index (χ3v) is 4.73. The largest absolute Gasteiger partial charge is 0.494 e. The van der Waals surface area contributed by atoms with E-state index in [1.165, 1.54) is 4.90 Å². The Hall–Kier alpha value is -3.28. The monoisotopic (exact) mass is 393 g/mol. The molecule has 6 nitrogen and oxygen atoms in total. The molecule has 0 aliphatic rings. The highest BCUT2D eigenvalue weighted by Gasteiger charge is 2.18. The van der Waals surface area contributed by atoms with Crippen molar-refractivity contribution in [3.63, 3.8) is 0 Å². The van der Waals surface area contributed by atoms with Gasteiger partial charge in [0.15, 0.2) is 0 Å². The number of benzene rings is 2. The Kier molecular flexibility index (Phi) is 6.54. The number of hydrogen-bond donors (Lipinski definition) is 1. The molecule has 0 saturated carbocycles. The number of nitrogens with one attached hydrogen (secondary N) is 1. The van der Waals surface area contributed by atoms with Crippen molar-refractivity contribution in [1.29, 1.82) is 0 Å². The van der Waals surface area contributed by atoms with Crippen molar-refractivity contribution >= 4 is 16.9 Å². The van der Waals surface area contributed by atoms with Crippen molar-refractivity contribution in [3.05, 3.63) is 76.1 Å². The number of nitrogens with zero attached hydrogens (tertiary/aromatic N) is 2. The molecule has 1 aromatic heterocycles. The van der Waals surface area contributed by atoms with Gasteiger partial charge in [-0.25, -0.2) is 4.79 Å². The lowest BCUT2D eigenvalue weighted by atomic mass is 10.1. The van der Waals surface area contributed by atoms with Crippen LogP contribution in [0.2, 0.25) is 0 Å². The number of fused-ring (bicyclic) bond motifs is 1. The van der Waals surface area contributed by atoms with Gasteiger partial charge in [0.1, 0.15) is 5.75 Å². The van der Waals surface area contributed by atoms with Crippen LogP contribution in [0.15, 0.2) is 59.4 Å². The summed E-state index contributed by atoms with van der Waals surface area (Å²) in [5, 5.41) is 0.880. The van der Waals surface area contributed by atoms with Gasteiger partial charge in [-0.2, -0.15) is 0 Å². The minimum Gasteiger partial charge on any atom is -0.494 e. The van der Waals surface area contributed by atoms with Crippen LogP contribution < -0.4 is 10.3 Å². The van der Waals surface area contributed by atoms with Gasteiger partial charge in [0, 0.05) is 37.1 Å². The summed E-state index contributed by atoms with van der Waals surface area (Å²) in [6.07, 6.45) is 0.723. The number of hydrogen-bond acceptors (Lipinski definition) is 3. The zero-order valence-corrected chi connectivity index (χ0v) is 17.1. The lowest BCUT2D eigenvalue weighted by molar-refractivity contribution is 0.168. The maximum Gasteiger partial charge on any atom is 0.319 e. The zero-order valence-electron chi connectivity index (χ0n) is 17.1. The molecule has 0 spiro atoms. The highest BCUT2D eigenvalue weighted by Crippen LogP contribution is 2.20. The molecule has 0 saturated heterocycles. The summed E-state index contributed by atoms with van der Waals surface area (Å²) >= 11 is 0. The Balaban J connectivity index is 1.86. The van der Waals surface area contributed by atoms with E-state index in [0.29, 0.717) is 18.7 Å². The molecular formula is C23H27N3O3. The van der Waals surface area contributed by atoms with Crippen molar-refractivity contribution < 1.29 is 9.53 Å². The smallest absolute Gasteiger partial charge is 0.319 e. The first-order valence-corrected chi connectivity index (χ1v) is 9.77.